The van der Waals surface area contributed by atoms with Gasteiger partial charge >= 0.3 is 0 Å². The van der Waals surface area contributed by atoms with Crippen molar-refractivity contribution in [1.82, 2.24) is 10.1 Å². The predicted molar refractivity (Wildman–Crippen MR) is 74.3 cm³/mol. The van der Waals surface area contributed by atoms with E-state index < -0.39 is 15.1 Å². The third-order valence-corrected chi connectivity index (χ3v) is 6.22. The number of rotatable bonds is 2. The number of amides is 1. The molecule has 6 nitrogen and oxygen atoms in total. The smallest absolute Gasteiger partial charge is 0.292 e. The van der Waals surface area contributed by atoms with Gasteiger partial charge in [0.1, 0.15) is 0 Å². The van der Waals surface area contributed by atoms with E-state index in [0.717, 1.165) is 5.69 Å². The van der Waals surface area contributed by atoms with Crippen LogP contribution in [0.1, 0.15) is 49.9 Å². The Morgan fingerprint density at radius 2 is 2.10 bits per heavy atom. The average molecular weight is 300 g/mol. The number of hydrogen-bond donors (Lipinski definition) is 0. The van der Waals surface area contributed by atoms with E-state index in [1.54, 1.807) is 24.8 Å². The van der Waals surface area contributed by atoms with Crippen LogP contribution in [0.4, 0.5) is 0 Å². The van der Waals surface area contributed by atoms with Crippen molar-refractivity contribution < 1.29 is 17.7 Å². The van der Waals surface area contributed by atoms with Gasteiger partial charge in [-0.15, -0.1) is 0 Å². The van der Waals surface area contributed by atoms with Crippen LogP contribution in [0.25, 0.3) is 0 Å². The van der Waals surface area contributed by atoms with E-state index in [4.69, 9.17) is 4.52 Å². The second kappa shape index (κ2) is 5.20. The summed E-state index contributed by atoms with van der Waals surface area (Å²) in [6.45, 7) is 7.51. The summed E-state index contributed by atoms with van der Waals surface area (Å²) in [6.07, 6.45) is 0. The monoisotopic (exact) mass is 300 g/mol. The zero-order valence-corrected chi connectivity index (χ0v) is 13.0. The Kier molecular flexibility index (Phi) is 3.90. The van der Waals surface area contributed by atoms with E-state index in [1.165, 1.54) is 0 Å². The molecule has 1 amide bonds. The molecule has 1 aromatic heterocycles. The van der Waals surface area contributed by atoms with Crippen molar-refractivity contribution in [2.24, 2.45) is 0 Å². The van der Waals surface area contributed by atoms with E-state index in [1.807, 2.05) is 13.8 Å². The fourth-order valence-electron chi connectivity index (χ4n) is 2.26. The minimum atomic E-state index is -3.11. The number of aromatic nitrogens is 1. The van der Waals surface area contributed by atoms with Crippen LogP contribution in [-0.4, -0.2) is 48.0 Å². The van der Waals surface area contributed by atoms with Crippen molar-refractivity contribution in [3.63, 3.8) is 0 Å². The van der Waals surface area contributed by atoms with Gasteiger partial charge in [0.05, 0.1) is 16.7 Å². The number of nitrogens with zero attached hydrogens (tertiary/aromatic N) is 2. The van der Waals surface area contributed by atoms with Gasteiger partial charge in [-0.25, -0.2) is 8.42 Å². The third-order valence-electron chi connectivity index (χ3n) is 3.95. The third kappa shape index (κ3) is 2.59. The van der Waals surface area contributed by atoms with Crippen LogP contribution in [-0.2, 0) is 9.84 Å². The van der Waals surface area contributed by atoms with Crippen molar-refractivity contribution in [2.75, 3.05) is 12.3 Å². The minimum Gasteiger partial charge on any atom is -0.351 e. The molecular formula is C13H20N2O4S. The van der Waals surface area contributed by atoms with Crippen molar-refractivity contribution in [3.8, 4) is 0 Å². The van der Waals surface area contributed by atoms with Crippen LogP contribution in [0.15, 0.2) is 10.6 Å². The van der Waals surface area contributed by atoms with E-state index in [-0.39, 0.29) is 35.9 Å². The normalized spacial score (nSPS) is 25.9. The van der Waals surface area contributed by atoms with Crippen LogP contribution in [0, 0.1) is 0 Å². The summed E-state index contributed by atoms with van der Waals surface area (Å²) in [4.78, 5) is 14.0. The second-order valence-electron chi connectivity index (χ2n) is 5.58. The molecule has 2 heterocycles. The Hall–Kier alpha value is -1.37. The zero-order chi connectivity index (χ0) is 15.1. The lowest BCUT2D eigenvalue weighted by atomic mass is 10.1. The van der Waals surface area contributed by atoms with E-state index >= 15 is 0 Å². The summed E-state index contributed by atoms with van der Waals surface area (Å²) in [5.74, 6) is 0.0548. The molecule has 2 atom stereocenters. The average Bonchev–Trinajstić information content (AvgIpc) is 2.85. The Labute approximate surface area is 119 Å². The molecule has 1 aromatic rings. The van der Waals surface area contributed by atoms with Crippen molar-refractivity contribution in [2.45, 2.75) is 44.9 Å². The molecule has 1 aliphatic heterocycles. The SMILES string of the molecule is CC(C)c1cc(C(=O)N2CCS(=O)(=O)[C@@H](C)[C@H]2C)on1. The van der Waals surface area contributed by atoms with Gasteiger partial charge in [-0.2, -0.15) is 0 Å². The molecule has 7 heteroatoms. The molecule has 1 saturated heterocycles. The number of carbonyl (C=O) groups is 1. The highest BCUT2D eigenvalue weighted by Crippen LogP contribution is 2.22. The van der Waals surface area contributed by atoms with E-state index in [2.05, 4.69) is 5.16 Å². The first kappa shape index (κ1) is 15.0. The lowest BCUT2D eigenvalue weighted by Gasteiger charge is -2.36. The molecule has 20 heavy (non-hydrogen) atoms. The summed E-state index contributed by atoms with van der Waals surface area (Å²) in [5.41, 5.74) is 0.721. The standard InChI is InChI=1S/C13H20N2O4S/c1-8(2)11-7-12(19-14-11)13(16)15-5-6-20(17,18)10(4)9(15)3/h7-10H,5-6H2,1-4H3/t9-,10+/m1/s1. The number of sulfone groups is 1. The topological polar surface area (TPSA) is 80.5 Å². The van der Waals surface area contributed by atoms with Crippen LogP contribution < -0.4 is 0 Å². The van der Waals surface area contributed by atoms with Gasteiger partial charge < -0.3 is 9.42 Å². The summed E-state index contributed by atoms with van der Waals surface area (Å²) >= 11 is 0. The second-order valence-corrected chi connectivity index (χ2v) is 8.06. The van der Waals surface area contributed by atoms with Crippen LogP contribution in [0.5, 0.6) is 0 Å². The molecule has 1 fully saturated rings. The Balaban J connectivity index is 2.21. The van der Waals surface area contributed by atoms with Crippen molar-refractivity contribution >= 4 is 15.7 Å². The molecule has 0 aliphatic carbocycles. The fourth-order valence-corrected chi connectivity index (χ4v) is 3.83. The molecule has 0 bridgehead atoms. The number of hydrogen-bond acceptors (Lipinski definition) is 5. The molecule has 2 rings (SSSR count). The predicted octanol–water partition coefficient (Wildman–Crippen LogP) is 1.45. The zero-order valence-electron chi connectivity index (χ0n) is 12.2. The lowest BCUT2D eigenvalue weighted by Crippen LogP contribution is -2.54. The Bertz CT molecular complexity index is 606. The molecule has 112 valence electrons. The quantitative estimate of drug-likeness (QED) is 0.825. The Morgan fingerprint density at radius 1 is 1.45 bits per heavy atom. The fraction of sp³-hybridized carbons (Fsp3) is 0.692. The minimum absolute atomic E-state index is 0.00454. The van der Waals surface area contributed by atoms with Crippen LogP contribution in [0.3, 0.4) is 0 Å². The maximum absolute atomic E-state index is 12.4. The number of carbonyl (C=O) groups excluding carboxylic acids is 1. The van der Waals surface area contributed by atoms with E-state index in [0.29, 0.717) is 0 Å². The molecule has 0 radical (unpaired) electrons. The first-order chi connectivity index (χ1) is 9.24. The van der Waals surface area contributed by atoms with Gasteiger partial charge in [-0.1, -0.05) is 19.0 Å². The lowest BCUT2D eigenvalue weighted by molar-refractivity contribution is 0.0650. The summed E-state index contributed by atoms with van der Waals surface area (Å²) < 4.78 is 28.7. The Morgan fingerprint density at radius 3 is 2.65 bits per heavy atom. The van der Waals surface area contributed by atoms with Gasteiger partial charge in [0.15, 0.2) is 9.84 Å². The van der Waals surface area contributed by atoms with E-state index in [9.17, 15) is 13.2 Å². The molecule has 0 aromatic carbocycles. The maximum atomic E-state index is 12.4. The summed E-state index contributed by atoms with van der Waals surface area (Å²) in [6, 6.07) is 1.27. The molecule has 0 saturated carbocycles. The molecule has 0 unspecified atom stereocenters. The van der Waals surface area contributed by atoms with Crippen molar-refractivity contribution in [1.29, 1.82) is 0 Å². The largest absolute Gasteiger partial charge is 0.351 e. The van der Waals surface area contributed by atoms with Gasteiger partial charge in [-0.3, -0.25) is 4.79 Å². The van der Waals surface area contributed by atoms with Crippen LogP contribution >= 0.6 is 0 Å². The highest BCUT2D eigenvalue weighted by atomic mass is 32.2. The molecule has 0 N–H and O–H groups in total. The highest BCUT2D eigenvalue weighted by molar-refractivity contribution is 7.92. The van der Waals surface area contributed by atoms with Gasteiger partial charge in [0.2, 0.25) is 5.76 Å². The molecule has 0 spiro atoms. The summed E-state index contributed by atoms with van der Waals surface area (Å²) in [5, 5.41) is 3.30. The molecular weight excluding hydrogens is 280 g/mol. The van der Waals surface area contributed by atoms with Crippen molar-refractivity contribution in [3.05, 3.63) is 17.5 Å². The first-order valence-electron chi connectivity index (χ1n) is 6.73. The maximum Gasteiger partial charge on any atom is 0.292 e. The van der Waals surface area contributed by atoms with Gasteiger partial charge in [0.25, 0.3) is 5.91 Å². The molecule has 1 aliphatic rings. The van der Waals surface area contributed by atoms with Gasteiger partial charge in [-0.05, 0) is 19.8 Å². The summed E-state index contributed by atoms with van der Waals surface area (Å²) in [7, 11) is -3.11. The van der Waals surface area contributed by atoms with Crippen LogP contribution in [0.2, 0.25) is 0 Å². The first-order valence-corrected chi connectivity index (χ1v) is 8.44. The highest BCUT2D eigenvalue weighted by Gasteiger charge is 2.39. The van der Waals surface area contributed by atoms with Gasteiger partial charge in [0, 0.05) is 18.7 Å².